The Morgan fingerprint density at radius 3 is 1.36 bits per heavy atom. The molecule has 0 unspecified atom stereocenters. The summed E-state index contributed by atoms with van der Waals surface area (Å²) in [7, 11) is -2.03. The van der Waals surface area contributed by atoms with Gasteiger partial charge in [-0.3, -0.25) is 0 Å². The molecule has 0 heterocycles. The van der Waals surface area contributed by atoms with Crippen molar-refractivity contribution in [2.45, 2.75) is 19.8 Å². The summed E-state index contributed by atoms with van der Waals surface area (Å²) in [6.45, 7) is 2.20. The molecule has 0 amide bonds. The summed E-state index contributed by atoms with van der Waals surface area (Å²) < 4.78 is 0. The zero-order valence-electron chi connectivity index (χ0n) is 14.9. The van der Waals surface area contributed by atoms with E-state index in [1.54, 1.807) is 0 Å². The van der Waals surface area contributed by atoms with E-state index in [-0.39, 0.29) is 0 Å². The Hall–Kier alpha value is -2.17. The van der Waals surface area contributed by atoms with E-state index < -0.39 is 7.26 Å². The van der Waals surface area contributed by atoms with Crippen molar-refractivity contribution in [1.82, 2.24) is 0 Å². The van der Waals surface area contributed by atoms with Crippen molar-refractivity contribution in [1.29, 1.82) is 0 Å². The molecule has 128 valence electrons. The van der Waals surface area contributed by atoms with Crippen LogP contribution < -0.4 is 15.9 Å². The van der Waals surface area contributed by atoms with Crippen molar-refractivity contribution in [2.24, 2.45) is 0 Å². The van der Waals surface area contributed by atoms with Gasteiger partial charge in [0.2, 0.25) is 0 Å². The molecule has 0 aromatic heterocycles. The summed E-state index contributed by atoms with van der Waals surface area (Å²) in [6, 6.07) is 33.4. The van der Waals surface area contributed by atoms with Crippen LogP contribution in [0, 0.1) is 0 Å². The summed E-state index contributed by atoms with van der Waals surface area (Å²) in [5.74, 6) is 0. The van der Waals surface area contributed by atoms with Crippen molar-refractivity contribution in [3.05, 3.63) is 103 Å². The van der Waals surface area contributed by atoms with Crippen LogP contribution in [-0.2, 0) is 0 Å². The maximum absolute atomic E-state index is 2.36. The third-order valence-electron chi connectivity index (χ3n) is 4.89. The first-order valence-electron chi connectivity index (χ1n) is 9.19. The fourth-order valence-corrected chi connectivity index (χ4v) is 8.44. The standard InChI is InChI=1S/C24H27P/c1-2-3-4-14-21-25(22-15-8-5-9-16-22,23-17-10-6-11-18-23)24-19-12-7-13-20-24/h3-13,15-20,25H,2,14,21H2,1H3/b4-3-. The second-order valence-corrected chi connectivity index (χ2v) is 10.5. The summed E-state index contributed by atoms with van der Waals surface area (Å²) >= 11 is 0. The molecule has 1 heteroatoms. The van der Waals surface area contributed by atoms with E-state index in [0.717, 1.165) is 12.8 Å². The molecule has 0 aliphatic carbocycles. The van der Waals surface area contributed by atoms with E-state index in [1.807, 2.05) is 0 Å². The Balaban J connectivity index is 2.18. The minimum atomic E-state index is -2.03. The van der Waals surface area contributed by atoms with E-state index >= 15 is 0 Å². The predicted molar refractivity (Wildman–Crippen MR) is 115 cm³/mol. The van der Waals surface area contributed by atoms with Crippen molar-refractivity contribution < 1.29 is 0 Å². The molecule has 3 rings (SSSR count). The molecule has 0 aliphatic rings. The first-order valence-corrected chi connectivity index (χ1v) is 11.4. The molecule has 0 bridgehead atoms. The maximum atomic E-state index is 2.36. The molecular formula is C24H27P. The number of hydrogen-bond donors (Lipinski definition) is 0. The van der Waals surface area contributed by atoms with Crippen molar-refractivity contribution in [2.75, 3.05) is 6.16 Å². The Morgan fingerprint density at radius 1 is 0.600 bits per heavy atom. The van der Waals surface area contributed by atoms with Crippen LogP contribution in [0.3, 0.4) is 0 Å². The summed E-state index contributed by atoms with van der Waals surface area (Å²) in [4.78, 5) is 0. The van der Waals surface area contributed by atoms with Gasteiger partial charge in [-0.2, -0.15) is 0 Å². The Bertz CT molecular complexity index is 679. The van der Waals surface area contributed by atoms with E-state index in [2.05, 4.69) is 110 Å². The van der Waals surface area contributed by atoms with Gasteiger partial charge in [0.15, 0.2) is 0 Å². The zero-order valence-corrected chi connectivity index (χ0v) is 15.9. The second kappa shape index (κ2) is 8.79. The molecule has 3 aromatic rings. The van der Waals surface area contributed by atoms with Crippen molar-refractivity contribution in [3.63, 3.8) is 0 Å². The van der Waals surface area contributed by atoms with Crippen LogP contribution in [0.25, 0.3) is 0 Å². The van der Waals surface area contributed by atoms with Gasteiger partial charge in [0, 0.05) is 0 Å². The van der Waals surface area contributed by atoms with Crippen LogP contribution in [0.4, 0.5) is 0 Å². The van der Waals surface area contributed by atoms with Crippen LogP contribution in [0.5, 0.6) is 0 Å². The van der Waals surface area contributed by atoms with Gasteiger partial charge in [-0.25, -0.2) is 0 Å². The zero-order chi connectivity index (χ0) is 17.4. The molecule has 0 saturated heterocycles. The average molecular weight is 346 g/mol. The third kappa shape index (κ3) is 3.91. The summed E-state index contributed by atoms with van der Waals surface area (Å²) in [5, 5.41) is 4.49. The number of allylic oxidation sites excluding steroid dienone is 2. The first-order chi connectivity index (χ1) is 12.4. The van der Waals surface area contributed by atoms with Crippen LogP contribution in [0.2, 0.25) is 0 Å². The van der Waals surface area contributed by atoms with E-state index in [4.69, 9.17) is 0 Å². The van der Waals surface area contributed by atoms with Crippen LogP contribution in [0.1, 0.15) is 19.8 Å². The molecule has 0 aliphatic heterocycles. The van der Waals surface area contributed by atoms with Crippen LogP contribution in [-0.4, -0.2) is 6.16 Å². The van der Waals surface area contributed by atoms with Gasteiger partial charge in [-0.05, 0) is 0 Å². The molecular weight excluding hydrogens is 319 g/mol. The van der Waals surface area contributed by atoms with E-state index in [0.29, 0.717) is 0 Å². The monoisotopic (exact) mass is 346 g/mol. The molecule has 3 aromatic carbocycles. The molecule has 0 fully saturated rings. The number of rotatable bonds is 7. The predicted octanol–water partition coefficient (Wildman–Crippen LogP) is 5.07. The first kappa shape index (κ1) is 17.6. The van der Waals surface area contributed by atoms with Gasteiger partial charge in [-0.1, -0.05) is 0 Å². The van der Waals surface area contributed by atoms with Crippen molar-refractivity contribution in [3.8, 4) is 0 Å². The molecule has 0 saturated carbocycles. The van der Waals surface area contributed by atoms with Crippen LogP contribution >= 0.6 is 7.26 Å². The average Bonchev–Trinajstić information content (AvgIpc) is 2.70. The molecule has 0 spiro atoms. The number of hydrogen-bond acceptors (Lipinski definition) is 0. The van der Waals surface area contributed by atoms with Gasteiger partial charge < -0.3 is 0 Å². The quantitative estimate of drug-likeness (QED) is 0.414. The Labute approximate surface area is 152 Å². The fourth-order valence-electron chi connectivity index (χ4n) is 3.69. The van der Waals surface area contributed by atoms with Crippen LogP contribution in [0.15, 0.2) is 103 Å². The van der Waals surface area contributed by atoms with Gasteiger partial charge in [0.25, 0.3) is 0 Å². The summed E-state index contributed by atoms with van der Waals surface area (Å²) in [5.41, 5.74) is 0. The number of benzene rings is 3. The SMILES string of the molecule is CC/C=C\CC[PH](c1ccccc1)(c1ccccc1)c1ccccc1. The van der Waals surface area contributed by atoms with Gasteiger partial charge in [-0.15, -0.1) is 0 Å². The van der Waals surface area contributed by atoms with E-state index in [1.165, 1.54) is 22.1 Å². The molecule has 0 nitrogen and oxygen atoms in total. The van der Waals surface area contributed by atoms with Gasteiger partial charge in [0.1, 0.15) is 0 Å². The van der Waals surface area contributed by atoms with Gasteiger partial charge >= 0.3 is 152 Å². The molecule has 25 heavy (non-hydrogen) atoms. The Kier molecular flexibility index (Phi) is 6.20. The molecule has 0 atom stereocenters. The third-order valence-corrected chi connectivity index (χ3v) is 9.88. The summed E-state index contributed by atoms with van der Waals surface area (Å²) in [6.07, 6.45) is 8.08. The Morgan fingerprint density at radius 2 is 1.00 bits per heavy atom. The fraction of sp³-hybridized carbons (Fsp3) is 0.167. The minimum absolute atomic E-state index is 1.11. The molecule has 0 N–H and O–H groups in total. The van der Waals surface area contributed by atoms with Gasteiger partial charge in [0.05, 0.1) is 0 Å². The van der Waals surface area contributed by atoms with Crippen molar-refractivity contribution >= 4 is 23.2 Å². The second-order valence-electron chi connectivity index (χ2n) is 6.42. The van der Waals surface area contributed by atoms with E-state index in [9.17, 15) is 0 Å². The molecule has 0 radical (unpaired) electrons. The topological polar surface area (TPSA) is 0 Å². The normalized spacial score (nSPS) is 12.4.